The number of nitrogens with one attached hydrogen (secondary N) is 2. The van der Waals surface area contributed by atoms with Gasteiger partial charge in [-0.3, -0.25) is 4.79 Å². The molecule has 1 unspecified atom stereocenters. The Balaban J connectivity index is 1.82. The molecule has 3 amide bonds. The Labute approximate surface area is 136 Å². The molecule has 6 heteroatoms. The molecule has 1 spiro atoms. The number of rotatable bonds is 3. The van der Waals surface area contributed by atoms with Gasteiger partial charge in [0.2, 0.25) is 5.91 Å². The minimum absolute atomic E-state index is 0.0279. The van der Waals surface area contributed by atoms with Crippen molar-refractivity contribution in [2.45, 2.75) is 25.7 Å². The van der Waals surface area contributed by atoms with Gasteiger partial charge in [-0.2, -0.15) is 0 Å². The molecule has 1 atom stereocenters. The van der Waals surface area contributed by atoms with Crippen LogP contribution >= 0.6 is 0 Å². The summed E-state index contributed by atoms with van der Waals surface area (Å²) in [5.74, 6) is 1.09. The number of methoxy groups -OCH3 is 1. The molecule has 0 aromatic heterocycles. The van der Waals surface area contributed by atoms with Crippen molar-refractivity contribution in [1.29, 1.82) is 0 Å². The van der Waals surface area contributed by atoms with Crippen LogP contribution in [-0.4, -0.2) is 43.6 Å². The van der Waals surface area contributed by atoms with Gasteiger partial charge in [0.1, 0.15) is 5.75 Å². The van der Waals surface area contributed by atoms with E-state index in [4.69, 9.17) is 4.74 Å². The summed E-state index contributed by atoms with van der Waals surface area (Å²) >= 11 is 0. The van der Waals surface area contributed by atoms with Crippen LogP contribution in [0.5, 0.6) is 5.75 Å². The summed E-state index contributed by atoms with van der Waals surface area (Å²) in [7, 11) is 1.61. The van der Waals surface area contributed by atoms with Crippen molar-refractivity contribution in [2.24, 2.45) is 5.92 Å². The lowest BCUT2D eigenvalue weighted by Gasteiger charge is -2.23. The summed E-state index contributed by atoms with van der Waals surface area (Å²) < 4.78 is 5.28. The topological polar surface area (TPSA) is 70.7 Å². The van der Waals surface area contributed by atoms with Crippen LogP contribution in [0.25, 0.3) is 0 Å². The molecule has 1 aromatic rings. The molecule has 6 nitrogen and oxygen atoms in total. The first-order chi connectivity index (χ1) is 11.0. The summed E-state index contributed by atoms with van der Waals surface area (Å²) in [5.41, 5.74) is 1.10. The number of ether oxygens (including phenoxy) is 1. The molecule has 2 heterocycles. The molecule has 1 aromatic carbocycles. The summed E-state index contributed by atoms with van der Waals surface area (Å²) in [6.45, 7) is 5.73. The van der Waals surface area contributed by atoms with E-state index in [0.29, 0.717) is 32.0 Å². The van der Waals surface area contributed by atoms with Crippen molar-refractivity contribution in [2.75, 3.05) is 32.1 Å². The number of amides is 3. The van der Waals surface area contributed by atoms with Crippen LogP contribution in [0.4, 0.5) is 10.5 Å². The number of carbonyl (C=O) groups is 2. The lowest BCUT2D eigenvalue weighted by molar-refractivity contribution is -0.120. The standard InChI is InChI=1S/C17H23N3O3/c1-11(2)9-18-16(22)20-7-6-17(10-20)13-8-12(23-3)4-5-14(13)19-15(17)21/h4-5,8,11H,6-7,9-10H2,1-3H3,(H,18,22)(H,19,21). The van der Waals surface area contributed by atoms with E-state index in [0.717, 1.165) is 17.0 Å². The van der Waals surface area contributed by atoms with Gasteiger partial charge in [-0.15, -0.1) is 0 Å². The minimum Gasteiger partial charge on any atom is -0.497 e. The Hall–Kier alpha value is -2.24. The Kier molecular flexibility index (Phi) is 3.92. The van der Waals surface area contributed by atoms with Crippen molar-refractivity contribution < 1.29 is 14.3 Å². The molecular weight excluding hydrogens is 294 g/mol. The van der Waals surface area contributed by atoms with Crippen LogP contribution in [0.2, 0.25) is 0 Å². The van der Waals surface area contributed by atoms with Crippen molar-refractivity contribution in [3.8, 4) is 5.75 Å². The second-order valence-corrected chi connectivity index (χ2v) is 6.70. The SMILES string of the molecule is COc1ccc2c(c1)C1(CCN(C(=O)NCC(C)C)C1)C(=O)N2. The van der Waals surface area contributed by atoms with Crippen LogP contribution in [0.1, 0.15) is 25.8 Å². The number of urea groups is 1. The summed E-state index contributed by atoms with van der Waals surface area (Å²) in [5, 5.41) is 5.86. The molecule has 1 saturated heterocycles. The van der Waals surface area contributed by atoms with E-state index in [1.807, 2.05) is 18.2 Å². The molecule has 0 aliphatic carbocycles. The zero-order valence-electron chi connectivity index (χ0n) is 13.8. The third-order valence-electron chi connectivity index (χ3n) is 4.64. The Morgan fingerprint density at radius 2 is 2.26 bits per heavy atom. The number of hydrogen-bond donors (Lipinski definition) is 2. The van der Waals surface area contributed by atoms with Crippen molar-refractivity contribution in [3.63, 3.8) is 0 Å². The van der Waals surface area contributed by atoms with Crippen LogP contribution in [0.3, 0.4) is 0 Å². The van der Waals surface area contributed by atoms with Gasteiger partial charge < -0.3 is 20.3 Å². The van der Waals surface area contributed by atoms with Gasteiger partial charge in [0.25, 0.3) is 0 Å². The highest BCUT2D eigenvalue weighted by molar-refractivity contribution is 6.07. The Morgan fingerprint density at radius 3 is 2.96 bits per heavy atom. The van der Waals surface area contributed by atoms with Crippen LogP contribution in [-0.2, 0) is 10.2 Å². The first-order valence-electron chi connectivity index (χ1n) is 7.99. The van der Waals surface area contributed by atoms with E-state index in [9.17, 15) is 9.59 Å². The third kappa shape index (κ3) is 2.62. The zero-order chi connectivity index (χ0) is 16.6. The number of anilines is 1. The molecule has 2 aliphatic rings. The van der Waals surface area contributed by atoms with E-state index < -0.39 is 5.41 Å². The number of benzene rings is 1. The van der Waals surface area contributed by atoms with E-state index in [1.54, 1.807) is 12.0 Å². The Bertz CT molecular complexity index is 644. The van der Waals surface area contributed by atoms with Crippen LogP contribution < -0.4 is 15.4 Å². The number of carbonyl (C=O) groups excluding carboxylic acids is 2. The third-order valence-corrected chi connectivity index (χ3v) is 4.64. The van der Waals surface area contributed by atoms with E-state index in [1.165, 1.54) is 0 Å². The lowest BCUT2D eigenvalue weighted by atomic mass is 9.81. The minimum atomic E-state index is -0.654. The molecule has 0 bridgehead atoms. The average molecular weight is 317 g/mol. The monoisotopic (exact) mass is 317 g/mol. The van der Waals surface area contributed by atoms with Crippen LogP contribution in [0, 0.1) is 5.92 Å². The smallest absolute Gasteiger partial charge is 0.317 e. The van der Waals surface area contributed by atoms with E-state index in [2.05, 4.69) is 24.5 Å². The van der Waals surface area contributed by atoms with Gasteiger partial charge in [-0.1, -0.05) is 13.8 Å². The van der Waals surface area contributed by atoms with Gasteiger partial charge in [0.15, 0.2) is 0 Å². The molecule has 2 aliphatic heterocycles. The molecule has 2 N–H and O–H groups in total. The van der Waals surface area contributed by atoms with Gasteiger partial charge in [-0.25, -0.2) is 4.79 Å². The fourth-order valence-electron chi connectivity index (χ4n) is 3.31. The maximum atomic E-state index is 12.6. The van der Waals surface area contributed by atoms with E-state index >= 15 is 0 Å². The highest BCUT2D eigenvalue weighted by Crippen LogP contribution is 2.45. The van der Waals surface area contributed by atoms with Crippen molar-refractivity contribution in [1.82, 2.24) is 10.2 Å². The van der Waals surface area contributed by atoms with Gasteiger partial charge in [-0.05, 0) is 36.1 Å². The largest absolute Gasteiger partial charge is 0.497 e. The first-order valence-corrected chi connectivity index (χ1v) is 7.99. The van der Waals surface area contributed by atoms with Gasteiger partial charge >= 0.3 is 6.03 Å². The fraction of sp³-hybridized carbons (Fsp3) is 0.529. The maximum absolute atomic E-state index is 12.6. The molecule has 124 valence electrons. The molecule has 0 radical (unpaired) electrons. The zero-order valence-corrected chi connectivity index (χ0v) is 13.8. The number of likely N-dealkylation sites (tertiary alicyclic amines) is 1. The molecule has 0 saturated carbocycles. The number of nitrogens with zero attached hydrogens (tertiary/aromatic N) is 1. The highest BCUT2D eigenvalue weighted by Gasteiger charge is 2.52. The summed E-state index contributed by atoms with van der Waals surface area (Å²) in [6.07, 6.45) is 0.633. The van der Waals surface area contributed by atoms with Gasteiger partial charge in [0.05, 0.1) is 12.5 Å². The van der Waals surface area contributed by atoms with Gasteiger partial charge in [0, 0.05) is 25.3 Å². The first kappa shape index (κ1) is 15.6. The lowest BCUT2D eigenvalue weighted by Crippen LogP contribution is -2.43. The summed E-state index contributed by atoms with van der Waals surface area (Å²) in [6, 6.07) is 5.50. The quantitative estimate of drug-likeness (QED) is 0.895. The molecular formula is C17H23N3O3. The number of hydrogen-bond acceptors (Lipinski definition) is 3. The maximum Gasteiger partial charge on any atom is 0.317 e. The second-order valence-electron chi connectivity index (χ2n) is 6.70. The van der Waals surface area contributed by atoms with E-state index in [-0.39, 0.29) is 11.9 Å². The Morgan fingerprint density at radius 1 is 1.48 bits per heavy atom. The molecule has 23 heavy (non-hydrogen) atoms. The predicted molar refractivity (Wildman–Crippen MR) is 87.7 cm³/mol. The van der Waals surface area contributed by atoms with Crippen molar-refractivity contribution in [3.05, 3.63) is 23.8 Å². The molecule has 1 fully saturated rings. The van der Waals surface area contributed by atoms with Crippen molar-refractivity contribution >= 4 is 17.6 Å². The highest BCUT2D eigenvalue weighted by atomic mass is 16.5. The predicted octanol–water partition coefficient (Wildman–Crippen LogP) is 1.96. The summed E-state index contributed by atoms with van der Waals surface area (Å²) in [4.78, 5) is 26.6. The van der Waals surface area contributed by atoms with Crippen LogP contribution in [0.15, 0.2) is 18.2 Å². The fourth-order valence-corrected chi connectivity index (χ4v) is 3.31. The number of fused-ring (bicyclic) bond motifs is 2. The molecule has 3 rings (SSSR count). The average Bonchev–Trinajstić information content (AvgIpc) is 3.09. The normalized spacial score (nSPS) is 22.4. The second kappa shape index (κ2) is 5.76.